The third-order valence-electron chi connectivity index (χ3n) is 3.50. The molecule has 100 valence electrons. The fourth-order valence-corrected chi connectivity index (χ4v) is 3.22. The van der Waals surface area contributed by atoms with Gasteiger partial charge in [0.15, 0.2) is 0 Å². The summed E-state index contributed by atoms with van der Waals surface area (Å²) in [5, 5.41) is 10.9. The van der Waals surface area contributed by atoms with E-state index in [1.54, 1.807) is 0 Å². The van der Waals surface area contributed by atoms with Crippen LogP contribution in [0.4, 0.5) is 5.69 Å². The van der Waals surface area contributed by atoms with Gasteiger partial charge in [0, 0.05) is 22.8 Å². The molecule has 1 aromatic rings. The maximum absolute atomic E-state index is 10.1. The highest BCUT2D eigenvalue weighted by Crippen LogP contribution is 2.40. The Bertz CT molecular complexity index is 437. The molecule has 0 amide bonds. The van der Waals surface area contributed by atoms with Crippen LogP contribution < -0.4 is 4.90 Å². The minimum Gasteiger partial charge on any atom is -0.390 e. The van der Waals surface area contributed by atoms with E-state index >= 15 is 0 Å². The molecule has 1 aromatic carbocycles. The van der Waals surface area contributed by atoms with E-state index in [4.69, 9.17) is 11.6 Å². The van der Waals surface area contributed by atoms with E-state index in [1.165, 1.54) is 11.3 Å². The molecule has 1 aliphatic rings. The summed E-state index contributed by atoms with van der Waals surface area (Å²) in [7, 11) is 0. The molecule has 0 bridgehead atoms. The van der Waals surface area contributed by atoms with Crippen molar-refractivity contribution in [1.82, 2.24) is 0 Å². The molecule has 0 fully saturated rings. The molecule has 2 rings (SSSR count). The zero-order valence-corrected chi connectivity index (χ0v) is 12.3. The number of rotatable bonds is 3. The van der Waals surface area contributed by atoms with Crippen molar-refractivity contribution in [3.63, 3.8) is 0 Å². The second kappa shape index (κ2) is 4.75. The Morgan fingerprint density at radius 1 is 1.44 bits per heavy atom. The third kappa shape index (κ3) is 2.65. The topological polar surface area (TPSA) is 23.5 Å². The van der Waals surface area contributed by atoms with Crippen LogP contribution in [0.2, 0.25) is 5.02 Å². The van der Waals surface area contributed by atoms with Gasteiger partial charge < -0.3 is 10.0 Å². The molecular formula is C15H22ClNO. The second-order valence-corrected chi connectivity index (χ2v) is 6.52. The van der Waals surface area contributed by atoms with E-state index in [2.05, 4.69) is 24.8 Å². The van der Waals surface area contributed by atoms with Gasteiger partial charge in [0.25, 0.3) is 0 Å². The Kier molecular flexibility index (Phi) is 3.61. The summed E-state index contributed by atoms with van der Waals surface area (Å²) in [6, 6.07) is 6.83. The first-order chi connectivity index (χ1) is 8.29. The zero-order valence-electron chi connectivity index (χ0n) is 11.6. The largest absolute Gasteiger partial charge is 0.390 e. The van der Waals surface area contributed by atoms with Crippen LogP contribution in [0.1, 0.15) is 39.7 Å². The number of anilines is 1. The maximum atomic E-state index is 10.1. The Hall–Kier alpha value is -0.730. The van der Waals surface area contributed by atoms with Gasteiger partial charge in [-0.25, -0.2) is 0 Å². The van der Waals surface area contributed by atoms with Gasteiger partial charge in [-0.3, -0.25) is 0 Å². The first-order valence-corrected chi connectivity index (χ1v) is 6.95. The molecule has 0 saturated heterocycles. The van der Waals surface area contributed by atoms with Crippen LogP contribution in [-0.4, -0.2) is 22.8 Å². The molecule has 0 saturated carbocycles. The third-order valence-corrected chi connectivity index (χ3v) is 3.85. The van der Waals surface area contributed by atoms with Crippen LogP contribution >= 0.6 is 11.6 Å². The van der Waals surface area contributed by atoms with Gasteiger partial charge in [-0.05, 0) is 58.2 Å². The van der Waals surface area contributed by atoms with Crippen molar-refractivity contribution in [3.05, 3.63) is 28.8 Å². The molecule has 0 spiro atoms. The summed E-state index contributed by atoms with van der Waals surface area (Å²) in [6.45, 7) is 8.12. The van der Waals surface area contributed by atoms with Crippen LogP contribution in [0.25, 0.3) is 0 Å². The number of benzene rings is 1. The predicted octanol–water partition coefficient (Wildman–Crippen LogP) is 3.64. The van der Waals surface area contributed by atoms with Gasteiger partial charge in [0.2, 0.25) is 0 Å². The van der Waals surface area contributed by atoms with Crippen LogP contribution in [0.5, 0.6) is 0 Å². The van der Waals surface area contributed by atoms with E-state index in [0.717, 1.165) is 17.9 Å². The number of hydrogen-bond acceptors (Lipinski definition) is 2. The monoisotopic (exact) mass is 267 g/mol. The second-order valence-electron chi connectivity index (χ2n) is 6.11. The summed E-state index contributed by atoms with van der Waals surface area (Å²) >= 11 is 6.29. The molecular weight excluding hydrogens is 246 g/mol. The quantitative estimate of drug-likeness (QED) is 0.904. The number of halogens is 1. The number of fused-ring (bicyclic) bond motifs is 1. The van der Waals surface area contributed by atoms with Crippen LogP contribution in [0.15, 0.2) is 18.2 Å². The summed E-state index contributed by atoms with van der Waals surface area (Å²) < 4.78 is 0. The van der Waals surface area contributed by atoms with E-state index < -0.39 is 5.60 Å². The first kappa shape index (κ1) is 13.7. The van der Waals surface area contributed by atoms with Crippen LogP contribution in [0, 0.1) is 0 Å². The van der Waals surface area contributed by atoms with Gasteiger partial charge >= 0.3 is 0 Å². The van der Waals surface area contributed by atoms with E-state index in [-0.39, 0.29) is 0 Å². The molecule has 3 heteroatoms. The molecule has 0 aliphatic carbocycles. The molecule has 0 radical (unpaired) electrons. The van der Waals surface area contributed by atoms with Crippen molar-refractivity contribution >= 4 is 17.3 Å². The van der Waals surface area contributed by atoms with Crippen molar-refractivity contribution in [2.45, 2.75) is 58.2 Å². The van der Waals surface area contributed by atoms with Crippen molar-refractivity contribution in [2.24, 2.45) is 0 Å². The van der Waals surface area contributed by atoms with Gasteiger partial charge in [0.05, 0.1) is 5.60 Å². The minimum atomic E-state index is -0.647. The van der Waals surface area contributed by atoms with Crippen molar-refractivity contribution in [1.29, 1.82) is 0 Å². The Labute approximate surface area is 115 Å². The lowest BCUT2D eigenvalue weighted by atomic mass is 9.96. The summed E-state index contributed by atoms with van der Waals surface area (Å²) in [4.78, 5) is 2.39. The SMILES string of the molecule is CC(C)N1c2cccc(Cl)c2CC1CC(C)(C)O. The van der Waals surface area contributed by atoms with Gasteiger partial charge in [-0.1, -0.05) is 17.7 Å². The lowest BCUT2D eigenvalue weighted by Crippen LogP contribution is -2.42. The lowest BCUT2D eigenvalue weighted by molar-refractivity contribution is 0.0629. The standard InChI is InChI=1S/C15H22ClNO/c1-10(2)17-11(9-15(3,4)18)8-12-13(16)6-5-7-14(12)17/h5-7,10-11,18H,8-9H2,1-4H3. The summed E-state index contributed by atoms with van der Waals surface area (Å²) in [6.07, 6.45) is 1.69. The Balaban J connectivity index is 2.34. The summed E-state index contributed by atoms with van der Waals surface area (Å²) in [5.41, 5.74) is 1.81. The number of hydrogen-bond donors (Lipinski definition) is 1. The number of aliphatic hydroxyl groups is 1. The molecule has 1 N–H and O–H groups in total. The lowest BCUT2D eigenvalue weighted by Gasteiger charge is -2.34. The fourth-order valence-electron chi connectivity index (χ4n) is 2.97. The van der Waals surface area contributed by atoms with Crippen LogP contribution in [-0.2, 0) is 6.42 Å². The Morgan fingerprint density at radius 2 is 2.11 bits per heavy atom. The van der Waals surface area contributed by atoms with Crippen LogP contribution in [0.3, 0.4) is 0 Å². The van der Waals surface area contributed by atoms with Gasteiger partial charge in [-0.15, -0.1) is 0 Å². The van der Waals surface area contributed by atoms with E-state index in [9.17, 15) is 5.11 Å². The average Bonchev–Trinajstić information content (AvgIpc) is 2.54. The van der Waals surface area contributed by atoms with Crippen molar-refractivity contribution in [3.8, 4) is 0 Å². The Morgan fingerprint density at radius 3 is 2.67 bits per heavy atom. The van der Waals surface area contributed by atoms with Crippen molar-refractivity contribution in [2.75, 3.05) is 4.90 Å². The zero-order chi connectivity index (χ0) is 13.5. The van der Waals surface area contributed by atoms with Crippen molar-refractivity contribution < 1.29 is 5.11 Å². The average molecular weight is 268 g/mol. The smallest absolute Gasteiger partial charge is 0.0611 e. The molecule has 0 aromatic heterocycles. The molecule has 2 nitrogen and oxygen atoms in total. The highest BCUT2D eigenvalue weighted by atomic mass is 35.5. The highest BCUT2D eigenvalue weighted by molar-refractivity contribution is 6.31. The molecule has 18 heavy (non-hydrogen) atoms. The first-order valence-electron chi connectivity index (χ1n) is 6.57. The van der Waals surface area contributed by atoms with E-state index in [0.29, 0.717) is 12.1 Å². The normalized spacial score (nSPS) is 19.5. The highest BCUT2D eigenvalue weighted by Gasteiger charge is 2.35. The van der Waals surface area contributed by atoms with Gasteiger partial charge in [-0.2, -0.15) is 0 Å². The molecule has 1 atom stereocenters. The molecule has 1 aliphatic heterocycles. The van der Waals surface area contributed by atoms with E-state index in [1.807, 2.05) is 26.0 Å². The predicted molar refractivity (Wildman–Crippen MR) is 77.5 cm³/mol. The van der Waals surface area contributed by atoms with Gasteiger partial charge in [0.1, 0.15) is 0 Å². The minimum absolute atomic E-state index is 0.333. The number of nitrogens with zero attached hydrogens (tertiary/aromatic N) is 1. The maximum Gasteiger partial charge on any atom is 0.0611 e. The summed E-state index contributed by atoms with van der Waals surface area (Å²) in [5.74, 6) is 0. The molecule has 1 unspecified atom stereocenters. The molecule has 1 heterocycles. The fraction of sp³-hybridized carbons (Fsp3) is 0.600.